The smallest absolute Gasteiger partial charge is 0.301 e. The summed E-state index contributed by atoms with van der Waals surface area (Å²) in [7, 11) is 0. The Bertz CT molecular complexity index is 1870. The maximum atomic E-state index is 13.7. The van der Waals surface area contributed by atoms with E-state index in [4.69, 9.17) is 9.47 Å². The average molecular weight is 650 g/mol. The lowest BCUT2D eigenvalue weighted by atomic mass is 9.95. The molecule has 4 aromatic carbocycles. The summed E-state index contributed by atoms with van der Waals surface area (Å²) >= 11 is 2.73. The van der Waals surface area contributed by atoms with Crippen molar-refractivity contribution in [2.45, 2.75) is 36.6 Å². The number of rotatable bonds is 11. The summed E-state index contributed by atoms with van der Waals surface area (Å²) in [4.78, 5) is 28.7. The molecule has 10 heteroatoms. The first-order valence-electron chi connectivity index (χ1n) is 14.7. The van der Waals surface area contributed by atoms with Crippen LogP contribution in [0.15, 0.2) is 113 Å². The lowest BCUT2D eigenvalue weighted by Gasteiger charge is -2.23. The zero-order chi connectivity index (χ0) is 32.0. The van der Waals surface area contributed by atoms with Gasteiger partial charge in [-0.2, -0.15) is 0 Å². The molecule has 1 atom stereocenters. The lowest BCUT2D eigenvalue weighted by Crippen LogP contribution is -2.29. The third kappa shape index (κ3) is 6.83. The normalized spacial score (nSPS) is 15.7. The Morgan fingerprint density at radius 1 is 0.870 bits per heavy atom. The zero-order valence-electron chi connectivity index (χ0n) is 25.3. The van der Waals surface area contributed by atoms with Crippen molar-refractivity contribution in [1.29, 1.82) is 0 Å². The molecule has 46 heavy (non-hydrogen) atoms. The largest absolute Gasteiger partial charge is 0.507 e. The van der Waals surface area contributed by atoms with Crippen LogP contribution in [0.25, 0.3) is 5.76 Å². The van der Waals surface area contributed by atoms with E-state index >= 15 is 0 Å². The SMILES string of the molecule is CCOc1ccc(C(O)=C2C(=O)C(=O)N(c3nnc(SCc4ccc(C)cc4)s3)C2c2cccc(OCc3ccccc3)c2)cc1. The highest BCUT2D eigenvalue weighted by molar-refractivity contribution is 8.00. The molecule has 6 rings (SSSR count). The van der Waals surface area contributed by atoms with Crippen LogP contribution in [0.1, 0.15) is 40.8 Å². The first-order valence-corrected chi connectivity index (χ1v) is 16.5. The number of aliphatic hydroxyl groups is 1. The van der Waals surface area contributed by atoms with Crippen LogP contribution in [0.2, 0.25) is 0 Å². The fourth-order valence-corrected chi connectivity index (χ4v) is 6.90. The molecule has 1 N–H and O–H groups in total. The molecule has 232 valence electrons. The van der Waals surface area contributed by atoms with Gasteiger partial charge in [0.2, 0.25) is 5.13 Å². The molecule has 1 aliphatic heterocycles. The number of ether oxygens (including phenoxy) is 2. The number of aryl methyl sites for hydroxylation is 1. The molecule has 2 heterocycles. The van der Waals surface area contributed by atoms with Gasteiger partial charge in [0, 0.05) is 11.3 Å². The van der Waals surface area contributed by atoms with Crippen LogP contribution in [0.5, 0.6) is 11.5 Å². The minimum atomic E-state index is -0.963. The van der Waals surface area contributed by atoms with Gasteiger partial charge in [-0.3, -0.25) is 14.5 Å². The highest BCUT2D eigenvalue weighted by Crippen LogP contribution is 2.44. The topological polar surface area (TPSA) is 102 Å². The Morgan fingerprint density at radius 3 is 2.37 bits per heavy atom. The van der Waals surface area contributed by atoms with Crippen LogP contribution in [0.3, 0.4) is 0 Å². The molecule has 8 nitrogen and oxygen atoms in total. The van der Waals surface area contributed by atoms with E-state index in [1.807, 2.05) is 50.2 Å². The summed E-state index contributed by atoms with van der Waals surface area (Å²) in [5.41, 5.74) is 4.24. The molecular formula is C36H31N3O5S2. The summed E-state index contributed by atoms with van der Waals surface area (Å²) < 4.78 is 12.3. The molecule has 1 amide bonds. The first kappa shape index (κ1) is 31.1. The van der Waals surface area contributed by atoms with Gasteiger partial charge >= 0.3 is 5.91 Å². The van der Waals surface area contributed by atoms with Gasteiger partial charge in [0.15, 0.2) is 4.34 Å². The number of anilines is 1. The minimum Gasteiger partial charge on any atom is -0.507 e. The fraction of sp³-hybridized carbons (Fsp3) is 0.167. The number of carbonyl (C=O) groups is 2. The van der Waals surface area contributed by atoms with Gasteiger partial charge in [0.05, 0.1) is 18.2 Å². The second-order valence-electron chi connectivity index (χ2n) is 10.6. The number of ketones is 1. The quantitative estimate of drug-likeness (QED) is 0.0510. The molecule has 0 saturated carbocycles. The van der Waals surface area contributed by atoms with Crippen LogP contribution >= 0.6 is 23.1 Å². The minimum absolute atomic E-state index is 0.0431. The van der Waals surface area contributed by atoms with Gasteiger partial charge in [-0.1, -0.05) is 95.4 Å². The van der Waals surface area contributed by atoms with Crippen molar-refractivity contribution in [2.75, 3.05) is 11.5 Å². The summed E-state index contributed by atoms with van der Waals surface area (Å²) in [5.74, 6) is -0.0304. The number of benzene rings is 4. The van der Waals surface area contributed by atoms with E-state index in [9.17, 15) is 14.7 Å². The number of nitrogens with zero attached hydrogens (tertiary/aromatic N) is 3. The molecular weight excluding hydrogens is 619 g/mol. The Kier molecular flexibility index (Phi) is 9.46. The number of carbonyl (C=O) groups excluding carboxylic acids is 2. The van der Waals surface area contributed by atoms with Crippen molar-refractivity contribution in [3.8, 4) is 11.5 Å². The summed E-state index contributed by atoms with van der Waals surface area (Å²) in [6, 6.07) is 31.0. The molecule has 0 bridgehead atoms. The van der Waals surface area contributed by atoms with Crippen LogP contribution in [-0.2, 0) is 21.9 Å². The van der Waals surface area contributed by atoms with Crippen LogP contribution < -0.4 is 14.4 Å². The van der Waals surface area contributed by atoms with Gasteiger partial charge in [-0.05, 0) is 66.9 Å². The summed E-state index contributed by atoms with van der Waals surface area (Å²) in [6.07, 6.45) is 0. The number of thioether (sulfide) groups is 1. The standard InChI is InChI=1S/C36H31N3O5S2/c1-3-43-28-18-16-26(17-19-28)32(40)30-31(27-10-7-11-29(20-27)44-21-24-8-5-4-6-9-24)39(34(42)33(30)41)35-37-38-36(46-35)45-22-25-14-12-23(2)13-15-25/h4-20,31,40H,3,21-22H2,1-2H3. The highest BCUT2D eigenvalue weighted by atomic mass is 32.2. The third-order valence-electron chi connectivity index (χ3n) is 7.39. The van der Waals surface area contributed by atoms with E-state index in [1.54, 1.807) is 42.5 Å². The molecule has 1 aliphatic rings. The Hall–Kier alpha value is -4.93. The number of hydrogen-bond acceptors (Lipinski definition) is 9. The van der Waals surface area contributed by atoms with Gasteiger partial charge < -0.3 is 14.6 Å². The molecule has 5 aromatic rings. The maximum Gasteiger partial charge on any atom is 0.301 e. The molecule has 1 aromatic heterocycles. The maximum absolute atomic E-state index is 13.7. The Balaban J connectivity index is 1.36. The average Bonchev–Trinajstić information content (AvgIpc) is 3.66. The van der Waals surface area contributed by atoms with Crippen LogP contribution in [-0.4, -0.2) is 33.6 Å². The van der Waals surface area contributed by atoms with E-state index in [2.05, 4.69) is 34.5 Å². The number of hydrogen-bond donors (Lipinski definition) is 1. The molecule has 0 aliphatic carbocycles. The molecule has 1 saturated heterocycles. The number of Topliss-reactive ketones (excluding diaryl/α,β-unsaturated/α-hetero) is 1. The molecule has 0 spiro atoms. The molecule has 0 radical (unpaired) electrons. The number of amides is 1. The first-order chi connectivity index (χ1) is 22.4. The van der Waals surface area contributed by atoms with Crippen LogP contribution in [0, 0.1) is 6.92 Å². The summed E-state index contributed by atoms with van der Waals surface area (Å²) in [5, 5.41) is 20.5. The second kappa shape index (κ2) is 14.0. The van der Waals surface area contributed by atoms with Gasteiger partial charge in [0.1, 0.15) is 23.9 Å². The predicted octanol–water partition coefficient (Wildman–Crippen LogP) is 7.74. The van der Waals surface area contributed by atoms with Crippen molar-refractivity contribution < 1.29 is 24.2 Å². The van der Waals surface area contributed by atoms with E-state index in [-0.39, 0.29) is 16.5 Å². The number of aromatic nitrogens is 2. The van der Waals surface area contributed by atoms with E-state index in [0.29, 0.717) is 45.9 Å². The van der Waals surface area contributed by atoms with Crippen LogP contribution in [0.4, 0.5) is 5.13 Å². The van der Waals surface area contributed by atoms with Gasteiger partial charge in [0.25, 0.3) is 5.78 Å². The molecule has 1 unspecified atom stereocenters. The molecule has 1 fully saturated rings. The Morgan fingerprint density at radius 2 is 1.63 bits per heavy atom. The third-order valence-corrected chi connectivity index (χ3v) is 9.52. The van der Waals surface area contributed by atoms with Gasteiger partial charge in [-0.15, -0.1) is 10.2 Å². The monoisotopic (exact) mass is 649 g/mol. The fourth-order valence-electron chi connectivity index (χ4n) is 5.08. The lowest BCUT2D eigenvalue weighted by molar-refractivity contribution is -0.132. The highest BCUT2D eigenvalue weighted by Gasteiger charge is 2.48. The Labute approximate surface area is 275 Å². The van der Waals surface area contributed by atoms with Crippen molar-refractivity contribution in [1.82, 2.24) is 10.2 Å². The van der Waals surface area contributed by atoms with E-state index in [1.165, 1.54) is 33.6 Å². The predicted molar refractivity (Wildman–Crippen MR) is 180 cm³/mol. The summed E-state index contributed by atoms with van der Waals surface area (Å²) in [6.45, 7) is 4.76. The zero-order valence-corrected chi connectivity index (χ0v) is 26.9. The van der Waals surface area contributed by atoms with Crippen molar-refractivity contribution in [2.24, 2.45) is 0 Å². The van der Waals surface area contributed by atoms with Gasteiger partial charge in [-0.25, -0.2) is 0 Å². The second-order valence-corrected chi connectivity index (χ2v) is 12.8. The number of aliphatic hydroxyl groups excluding tert-OH is 1. The van der Waals surface area contributed by atoms with Crippen molar-refractivity contribution in [3.63, 3.8) is 0 Å². The van der Waals surface area contributed by atoms with Crippen molar-refractivity contribution >= 4 is 45.7 Å². The van der Waals surface area contributed by atoms with E-state index in [0.717, 1.165) is 11.1 Å². The van der Waals surface area contributed by atoms with Crippen molar-refractivity contribution in [3.05, 3.63) is 137 Å². The van der Waals surface area contributed by atoms with E-state index < -0.39 is 17.7 Å².